The van der Waals surface area contributed by atoms with Gasteiger partial charge in [0.25, 0.3) is 0 Å². The van der Waals surface area contributed by atoms with Crippen molar-refractivity contribution < 1.29 is 14.3 Å². The van der Waals surface area contributed by atoms with Gasteiger partial charge in [0.1, 0.15) is 5.82 Å². The molecule has 0 unspecified atom stereocenters. The molecule has 1 aliphatic heterocycles. The van der Waals surface area contributed by atoms with Crippen molar-refractivity contribution in [1.82, 2.24) is 0 Å². The first-order valence-corrected chi connectivity index (χ1v) is 9.52. The zero-order valence-corrected chi connectivity index (χ0v) is 15.4. The summed E-state index contributed by atoms with van der Waals surface area (Å²) in [5.41, 5.74) is 2.65. The SMILES string of the molecule is O=C1[C@H](CC[C@H](O)c2ccc(F)cc2)[C@@H](c2ccccc2)N1c1ccccc1. The van der Waals surface area contributed by atoms with Crippen LogP contribution in [-0.4, -0.2) is 11.0 Å². The number of hydrogen-bond acceptors (Lipinski definition) is 2. The smallest absolute Gasteiger partial charge is 0.233 e. The summed E-state index contributed by atoms with van der Waals surface area (Å²) in [7, 11) is 0. The van der Waals surface area contributed by atoms with Crippen molar-refractivity contribution in [3.05, 3.63) is 102 Å². The number of para-hydroxylation sites is 1. The second kappa shape index (κ2) is 7.95. The molecule has 1 heterocycles. The van der Waals surface area contributed by atoms with E-state index in [-0.39, 0.29) is 23.7 Å². The average Bonchev–Trinajstić information content (AvgIpc) is 2.73. The second-order valence-corrected chi connectivity index (χ2v) is 7.15. The van der Waals surface area contributed by atoms with Crippen LogP contribution in [0.15, 0.2) is 84.9 Å². The molecule has 1 amide bonds. The molecule has 1 fully saturated rings. The number of carbonyl (C=O) groups is 1. The van der Waals surface area contributed by atoms with Crippen LogP contribution in [0.1, 0.15) is 36.1 Å². The molecule has 1 N–H and O–H groups in total. The van der Waals surface area contributed by atoms with Crippen molar-refractivity contribution in [1.29, 1.82) is 0 Å². The first-order valence-electron chi connectivity index (χ1n) is 9.52. The predicted octanol–water partition coefficient (Wildman–Crippen LogP) is 5.04. The van der Waals surface area contributed by atoms with Gasteiger partial charge in [-0.25, -0.2) is 4.39 Å². The number of nitrogens with zero attached hydrogens (tertiary/aromatic N) is 1. The van der Waals surface area contributed by atoms with Crippen LogP contribution in [0.5, 0.6) is 0 Å². The molecule has 0 aliphatic carbocycles. The van der Waals surface area contributed by atoms with Crippen LogP contribution in [0.2, 0.25) is 0 Å². The van der Waals surface area contributed by atoms with Crippen molar-refractivity contribution in [3.63, 3.8) is 0 Å². The molecule has 3 aromatic carbocycles. The average molecular weight is 375 g/mol. The minimum atomic E-state index is -0.712. The van der Waals surface area contributed by atoms with Crippen LogP contribution < -0.4 is 4.90 Å². The Bertz CT molecular complexity index is 928. The highest BCUT2D eigenvalue weighted by atomic mass is 19.1. The Balaban J connectivity index is 1.52. The molecule has 1 aliphatic rings. The van der Waals surface area contributed by atoms with Crippen LogP contribution in [0.25, 0.3) is 0 Å². The molecule has 3 atom stereocenters. The van der Waals surface area contributed by atoms with E-state index >= 15 is 0 Å². The molecule has 0 bridgehead atoms. The summed E-state index contributed by atoms with van der Waals surface area (Å²) in [5, 5.41) is 10.5. The van der Waals surface area contributed by atoms with Gasteiger partial charge in [-0.15, -0.1) is 0 Å². The number of carbonyl (C=O) groups excluding carboxylic acids is 1. The van der Waals surface area contributed by atoms with Crippen LogP contribution in [0.3, 0.4) is 0 Å². The molecular formula is C24H22FNO2. The van der Waals surface area contributed by atoms with E-state index in [1.54, 1.807) is 12.1 Å². The van der Waals surface area contributed by atoms with Gasteiger partial charge in [-0.05, 0) is 48.2 Å². The quantitative estimate of drug-likeness (QED) is 0.613. The molecule has 3 aromatic rings. The van der Waals surface area contributed by atoms with E-state index in [0.29, 0.717) is 18.4 Å². The third-order valence-corrected chi connectivity index (χ3v) is 5.40. The number of aliphatic hydroxyl groups excluding tert-OH is 1. The van der Waals surface area contributed by atoms with E-state index in [1.807, 2.05) is 65.6 Å². The maximum Gasteiger partial charge on any atom is 0.233 e. The number of β-lactam (4-membered cyclic amide) rings is 1. The lowest BCUT2D eigenvalue weighted by molar-refractivity contribution is -0.131. The minimum Gasteiger partial charge on any atom is -0.388 e. The highest BCUT2D eigenvalue weighted by molar-refractivity contribution is 6.03. The molecule has 4 rings (SSSR count). The van der Waals surface area contributed by atoms with Gasteiger partial charge in [-0.2, -0.15) is 0 Å². The zero-order chi connectivity index (χ0) is 19.5. The number of halogens is 1. The van der Waals surface area contributed by atoms with Crippen molar-refractivity contribution in [2.24, 2.45) is 5.92 Å². The lowest BCUT2D eigenvalue weighted by Crippen LogP contribution is -2.55. The van der Waals surface area contributed by atoms with E-state index in [0.717, 1.165) is 11.3 Å². The number of amides is 1. The minimum absolute atomic E-state index is 0.0449. The summed E-state index contributed by atoms with van der Waals surface area (Å²) >= 11 is 0. The monoisotopic (exact) mass is 375 g/mol. The fourth-order valence-electron chi connectivity index (χ4n) is 3.93. The normalized spacial score (nSPS) is 19.9. The van der Waals surface area contributed by atoms with Crippen LogP contribution in [0.4, 0.5) is 10.1 Å². The lowest BCUT2D eigenvalue weighted by atomic mass is 9.78. The van der Waals surface area contributed by atoms with Gasteiger partial charge >= 0.3 is 0 Å². The van der Waals surface area contributed by atoms with Gasteiger partial charge in [0, 0.05) is 5.69 Å². The summed E-state index contributed by atoms with van der Waals surface area (Å²) < 4.78 is 13.1. The number of benzene rings is 3. The van der Waals surface area contributed by atoms with E-state index in [2.05, 4.69) is 0 Å². The molecule has 0 radical (unpaired) electrons. The van der Waals surface area contributed by atoms with Gasteiger partial charge in [-0.1, -0.05) is 60.7 Å². The molecular weight excluding hydrogens is 353 g/mol. The molecule has 0 spiro atoms. The Morgan fingerprint density at radius 1 is 0.893 bits per heavy atom. The molecule has 4 heteroatoms. The van der Waals surface area contributed by atoms with Crippen LogP contribution in [0, 0.1) is 11.7 Å². The third kappa shape index (κ3) is 3.56. The van der Waals surface area contributed by atoms with Crippen molar-refractivity contribution >= 4 is 11.6 Å². The lowest BCUT2D eigenvalue weighted by Gasteiger charge is -2.48. The number of aliphatic hydroxyl groups is 1. The van der Waals surface area contributed by atoms with E-state index in [4.69, 9.17) is 0 Å². The molecule has 0 aromatic heterocycles. The summed E-state index contributed by atoms with van der Waals surface area (Å²) in [6.07, 6.45) is 0.310. The number of anilines is 1. The van der Waals surface area contributed by atoms with Crippen molar-refractivity contribution in [3.8, 4) is 0 Å². The number of rotatable bonds is 6. The number of hydrogen-bond donors (Lipinski definition) is 1. The topological polar surface area (TPSA) is 40.5 Å². The highest BCUT2D eigenvalue weighted by Crippen LogP contribution is 2.46. The largest absolute Gasteiger partial charge is 0.388 e. The molecule has 28 heavy (non-hydrogen) atoms. The highest BCUT2D eigenvalue weighted by Gasteiger charge is 2.48. The first kappa shape index (κ1) is 18.4. The Hall–Kier alpha value is -2.98. The Morgan fingerprint density at radius 2 is 1.50 bits per heavy atom. The fraction of sp³-hybridized carbons (Fsp3) is 0.208. The van der Waals surface area contributed by atoms with Gasteiger partial charge < -0.3 is 10.0 Å². The third-order valence-electron chi connectivity index (χ3n) is 5.40. The summed E-state index contributed by atoms with van der Waals surface area (Å²) in [5.74, 6) is -0.433. The molecule has 1 saturated heterocycles. The Morgan fingerprint density at radius 3 is 2.14 bits per heavy atom. The Kier molecular flexibility index (Phi) is 5.22. The van der Waals surface area contributed by atoms with Crippen LogP contribution in [-0.2, 0) is 4.79 Å². The maximum absolute atomic E-state index is 13.1. The Labute approximate surface area is 164 Å². The van der Waals surface area contributed by atoms with E-state index in [9.17, 15) is 14.3 Å². The predicted molar refractivity (Wildman–Crippen MR) is 107 cm³/mol. The molecule has 0 saturated carbocycles. The van der Waals surface area contributed by atoms with Crippen LogP contribution >= 0.6 is 0 Å². The van der Waals surface area contributed by atoms with Gasteiger partial charge in [-0.3, -0.25) is 4.79 Å². The van der Waals surface area contributed by atoms with Gasteiger partial charge in [0.05, 0.1) is 18.1 Å². The summed E-state index contributed by atoms with van der Waals surface area (Å²) in [6.45, 7) is 0. The van der Waals surface area contributed by atoms with Crippen molar-refractivity contribution in [2.45, 2.75) is 25.0 Å². The summed E-state index contributed by atoms with van der Waals surface area (Å²) in [4.78, 5) is 14.8. The molecule has 142 valence electrons. The molecule has 3 nitrogen and oxygen atoms in total. The van der Waals surface area contributed by atoms with Gasteiger partial charge in [0.2, 0.25) is 5.91 Å². The first-order chi connectivity index (χ1) is 13.6. The second-order valence-electron chi connectivity index (χ2n) is 7.15. The van der Waals surface area contributed by atoms with E-state index in [1.165, 1.54) is 12.1 Å². The van der Waals surface area contributed by atoms with E-state index < -0.39 is 6.10 Å². The zero-order valence-electron chi connectivity index (χ0n) is 15.4. The fourth-order valence-corrected chi connectivity index (χ4v) is 3.93. The standard InChI is InChI=1S/C24H22FNO2/c25-19-13-11-17(12-14-19)22(27)16-15-21-23(18-7-3-1-4-8-18)26(24(21)28)20-9-5-2-6-10-20/h1-14,21-23,27H,15-16H2/t21-,22+,23-/m1/s1. The maximum atomic E-state index is 13.1. The van der Waals surface area contributed by atoms with Crippen molar-refractivity contribution in [2.75, 3.05) is 4.90 Å². The van der Waals surface area contributed by atoms with Gasteiger partial charge in [0.15, 0.2) is 0 Å². The summed E-state index contributed by atoms with van der Waals surface area (Å²) in [6, 6.07) is 25.5.